The molecule has 0 aliphatic carbocycles. The van der Waals surface area contributed by atoms with Crippen molar-refractivity contribution in [3.63, 3.8) is 0 Å². The fraction of sp³-hybridized carbons (Fsp3) is 0.278. The number of rotatable bonds is 5. The Labute approximate surface area is 153 Å². The fourth-order valence-electron chi connectivity index (χ4n) is 2.49. The lowest BCUT2D eigenvalue weighted by atomic mass is 10.1. The zero-order valence-electron chi connectivity index (χ0n) is 12.6. The third kappa shape index (κ3) is 4.78. The van der Waals surface area contributed by atoms with Crippen molar-refractivity contribution in [3.05, 3.63) is 64.1 Å². The van der Waals surface area contributed by atoms with E-state index in [-0.39, 0.29) is 5.91 Å². The Morgan fingerprint density at radius 3 is 2.70 bits per heavy atom. The van der Waals surface area contributed by atoms with Gasteiger partial charge in [-0.2, -0.15) is 0 Å². The van der Waals surface area contributed by atoms with Crippen LogP contribution < -0.4 is 5.32 Å². The van der Waals surface area contributed by atoms with Crippen molar-refractivity contribution in [1.29, 1.82) is 0 Å². The molecule has 1 heterocycles. The van der Waals surface area contributed by atoms with Crippen LogP contribution in [-0.2, 0) is 11.2 Å². The topological polar surface area (TPSA) is 29.1 Å². The van der Waals surface area contributed by atoms with E-state index < -0.39 is 0 Å². The minimum Gasteiger partial charge on any atom is -0.326 e. The molecule has 0 radical (unpaired) electrons. The highest BCUT2D eigenvalue weighted by Crippen LogP contribution is 2.45. The molecule has 5 heteroatoms. The molecule has 0 aromatic heterocycles. The average molecular weight is 408 g/mol. The highest BCUT2D eigenvalue weighted by Gasteiger charge is 2.18. The van der Waals surface area contributed by atoms with Crippen molar-refractivity contribution in [1.82, 2.24) is 0 Å². The van der Waals surface area contributed by atoms with E-state index in [2.05, 4.69) is 33.4 Å². The molecule has 23 heavy (non-hydrogen) atoms. The number of hydrogen-bond acceptors (Lipinski definition) is 3. The first-order valence-electron chi connectivity index (χ1n) is 7.59. The summed E-state index contributed by atoms with van der Waals surface area (Å²) in [5, 5.41) is 3.02. The van der Waals surface area contributed by atoms with Crippen molar-refractivity contribution in [2.45, 2.75) is 17.4 Å². The number of aryl methyl sites for hydroxylation is 1. The molecule has 3 rings (SSSR count). The van der Waals surface area contributed by atoms with Gasteiger partial charge >= 0.3 is 0 Å². The predicted molar refractivity (Wildman–Crippen MR) is 105 cm³/mol. The maximum absolute atomic E-state index is 12.2. The van der Waals surface area contributed by atoms with E-state index >= 15 is 0 Å². The van der Waals surface area contributed by atoms with Gasteiger partial charge in [0.25, 0.3) is 0 Å². The first kappa shape index (κ1) is 16.9. The van der Waals surface area contributed by atoms with Crippen molar-refractivity contribution in [2.75, 3.05) is 16.8 Å². The lowest BCUT2D eigenvalue weighted by Gasteiger charge is -2.11. The van der Waals surface area contributed by atoms with Crippen molar-refractivity contribution < 1.29 is 4.79 Å². The molecule has 1 saturated heterocycles. The average Bonchev–Trinajstić information content (AvgIpc) is 3.09. The van der Waals surface area contributed by atoms with E-state index in [9.17, 15) is 4.79 Å². The highest BCUT2D eigenvalue weighted by atomic mass is 79.9. The molecule has 2 aromatic carbocycles. The Hall–Kier alpha value is -0.910. The molecular formula is C18H18BrNOS2. The van der Waals surface area contributed by atoms with Gasteiger partial charge in [0.15, 0.2) is 0 Å². The van der Waals surface area contributed by atoms with Crippen molar-refractivity contribution in [2.24, 2.45) is 0 Å². The minimum atomic E-state index is 0.0598. The van der Waals surface area contributed by atoms with Gasteiger partial charge < -0.3 is 5.32 Å². The second-order valence-corrected chi connectivity index (χ2v) is 8.92. The molecule has 0 bridgehead atoms. The van der Waals surface area contributed by atoms with Gasteiger partial charge in [-0.3, -0.25) is 4.79 Å². The van der Waals surface area contributed by atoms with Gasteiger partial charge in [-0.15, -0.1) is 23.5 Å². The number of halogens is 1. The SMILES string of the molecule is O=C(CCc1ccccc1Br)Nc1cccc(C2SCCS2)c1. The molecule has 0 atom stereocenters. The van der Waals surface area contributed by atoms with Gasteiger partial charge in [-0.25, -0.2) is 0 Å². The molecule has 2 nitrogen and oxygen atoms in total. The van der Waals surface area contributed by atoms with Gasteiger partial charge in [0.05, 0.1) is 4.58 Å². The number of benzene rings is 2. The Balaban J connectivity index is 1.57. The lowest BCUT2D eigenvalue weighted by molar-refractivity contribution is -0.116. The predicted octanol–water partition coefficient (Wildman–Crippen LogP) is 5.50. The van der Waals surface area contributed by atoms with Gasteiger partial charge in [0.2, 0.25) is 5.91 Å². The maximum Gasteiger partial charge on any atom is 0.224 e. The largest absolute Gasteiger partial charge is 0.326 e. The van der Waals surface area contributed by atoms with E-state index in [1.807, 2.05) is 59.9 Å². The minimum absolute atomic E-state index is 0.0598. The summed E-state index contributed by atoms with van der Waals surface area (Å²) in [6.07, 6.45) is 1.22. The van der Waals surface area contributed by atoms with Crippen LogP contribution in [0.15, 0.2) is 53.0 Å². The van der Waals surface area contributed by atoms with E-state index in [0.717, 1.165) is 22.1 Å². The zero-order valence-corrected chi connectivity index (χ0v) is 15.8. The molecule has 0 saturated carbocycles. The molecule has 1 N–H and O–H groups in total. The third-order valence-electron chi connectivity index (χ3n) is 3.64. The third-order valence-corrected chi connectivity index (χ3v) is 7.52. The van der Waals surface area contributed by atoms with Gasteiger partial charge in [-0.05, 0) is 35.7 Å². The summed E-state index contributed by atoms with van der Waals surface area (Å²) < 4.78 is 1.57. The summed E-state index contributed by atoms with van der Waals surface area (Å²) in [5.74, 6) is 2.47. The Morgan fingerprint density at radius 2 is 1.91 bits per heavy atom. The van der Waals surface area contributed by atoms with E-state index in [0.29, 0.717) is 11.0 Å². The number of anilines is 1. The molecule has 120 valence electrons. The van der Waals surface area contributed by atoms with Gasteiger partial charge in [-0.1, -0.05) is 46.3 Å². The highest BCUT2D eigenvalue weighted by molar-refractivity contribution is 9.10. The number of hydrogen-bond donors (Lipinski definition) is 1. The molecular weight excluding hydrogens is 390 g/mol. The second kappa shape index (κ2) is 8.27. The van der Waals surface area contributed by atoms with E-state index in [4.69, 9.17) is 0 Å². The van der Waals surface area contributed by atoms with Crippen LogP contribution in [0, 0.1) is 0 Å². The standard InChI is InChI=1S/C18H18BrNOS2/c19-16-7-2-1-4-13(16)8-9-17(21)20-15-6-3-5-14(12-15)18-22-10-11-23-18/h1-7,12,18H,8-11H2,(H,20,21). The van der Waals surface area contributed by atoms with Crippen LogP contribution in [0.4, 0.5) is 5.69 Å². The number of thioether (sulfide) groups is 2. The first-order chi connectivity index (χ1) is 11.2. The molecule has 1 aliphatic rings. The van der Waals surface area contributed by atoms with Crippen LogP contribution in [-0.4, -0.2) is 17.4 Å². The van der Waals surface area contributed by atoms with Crippen LogP contribution in [0.1, 0.15) is 22.1 Å². The smallest absolute Gasteiger partial charge is 0.224 e. The van der Waals surface area contributed by atoms with Crippen LogP contribution in [0.2, 0.25) is 0 Å². The molecule has 1 fully saturated rings. The summed E-state index contributed by atoms with van der Waals surface area (Å²) >= 11 is 7.48. The lowest BCUT2D eigenvalue weighted by Crippen LogP contribution is -2.12. The van der Waals surface area contributed by atoms with E-state index in [1.165, 1.54) is 17.1 Å². The number of amides is 1. The Kier molecular flexibility index (Phi) is 6.08. The maximum atomic E-state index is 12.2. The van der Waals surface area contributed by atoms with Crippen molar-refractivity contribution in [3.8, 4) is 0 Å². The number of carbonyl (C=O) groups excluding carboxylic acids is 1. The molecule has 2 aromatic rings. The van der Waals surface area contributed by atoms with Crippen LogP contribution >= 0.6 is 39.5 Å². The summed E-state index contributed by atoms with van der Waals surface area (Å²) in [6, 6.07) is 16.3. The molecule has 0 spiro atoms. The molecule has 1 aliphatic heterocycles. The summed E-state index contributed by atoms with van der Waals surface area (Å²) in [4.78, 5) is 12.2. The first-order valence-corrected chi connectivity index (χ1v) is 10.5. The normalized spacial score (nSPS) is 14.8. The van der Waals surface area contributed by atoms with Gasteiger partial charge in [0, 0.05) is 28.1 Å². The zero-order chi connectivity index (χ0) is 16.1. The second-order valence-electron chi connectivity index (χ2n) is 5.34. The number of carbonyl (C=O) groups is 1. The van der Waals surface area contributed by atoms with E-state index in [1.54, 1.807) is 0 Å². The summed E-state index contributed by atoms with van der Waals surface area (Å²) in [7, 11) is 0. The Bertz CT molecular complexity index is 686. The van der Waals surface area contributed by atoms with Gasteiger partial charge in [0.1, 0.15) is 0 Å². The molecule has 1 amide bonds. The Morgan fingerprint density at radius 1 is 1.13 bits per heavy atom. The molecule has 0 unspecified atom stereocenters. The summed E-state index contributed by atoms with van der Waals surface area (Å²) in [5.41, 5.74) is 3.35. The quantitative estimate of drug-likeness (QED) is 0.709. The fourth-order valence-corrected chi connectivity index (χ4v) is 5.81. The van der Waals surface area contributed by atoms with Crippen LogP contribution in [0.5, 0.6) is 0 Å². The van der Waals surface area contributed by atoms with Crippen LogP contribution in [0.3, 0.4) is 0 Å². The number of nitrogens with one attached hydrogen (secondary N) is 1. The monoisotopic (exact) mass is 407 g/mol. The van der Waals surface area contributed by atoms with Crippen LogP contribution in [0.25, 0.3) is 0 Å². The van der Waals surface area contributed by atoms with Crippen molar-refractivity contribution >= 4 is 51.0 Å². The summed E-state index contributed by atoms with van der Waals surface area (Å²) in [6.45, 7) is 0.